The average Bonchev–Trinajstić information content (AvgIpc) is 2.96. The number of halogens is 2. The normalized spacial score (nSPS) is 15.0. The molecule has 1 fully saturated rings. The number of ether oxygens (including phenoxy) is 2. The molecule has 1 heterocycles. The Labute approximate surface area is 183 Å². The minimum Gasteiger partial charge on any atom is -0.490 e. The molecule has 156 valence electrons. The smallest absolute Gasteiger partial charge is 0.293 e. The van der Waals surface area contributed by atoms with E-state index in [9.17, 15) is 14.0 Å². The molecule has 8 heteroatoms. The van der Waals surface area contributed by atoms with E-state index in [0.29, 0.717) is 34.3 Å². The van der Waals surface area contributed by atoms with Crippen molar-refractivity contribution in [1.82, 2.24) is 4.90 Å². The maximum atomic E-state index is 13.1. The highest BCUT2D eigenvalue weighted by atomic mass is 35.5. The fraction of sp³-hybridized carbons (Fsp3) is 0.182. The quantitative estimate of drug-likeness (QED) is 0.385. The van der Waals surface area contributed by atoms with Gasteiger partial charge >= 0.3 is 0 Å². The second-order valence-electron chi connectivity index (χ2n) is 6.26. The molecule has 2 amide bonds. The van der Waals surface area contributed by atoms with Gasteiger partial charge in [0.25, 0.3) is 11.1 Å². The Balaban J connectivity index is 1.85. The standard InChI is InChI=1S/C22H19ClFNO4S/c1-3-9-29-20-17(23)10-15(11-18(20)28-4-2)12-19-21(26)25(22(27)30-19)13-14-5-7-16(24)8-6-14/h3,5-8,10-12H,1,4,9,13H2,2H3/b19-12+. The van der Waals surface area contributed by atoms with Crippen LogP contribution in [0.3, 0.4) is 0 Å². The van der Waals surface area contributed by atoms with Crippen molar-refractivity contribution in [2.24, 2.45) is 0 Å². The van der Waals surface area contributed by atoms with Gasteiger partial charge in [-0.05, 0) is 60.2 Å². The average molecular weight is 448 g/mol. The van der Waals surface area contributed by atoms with E-state index >= 15 is 0 Å². The van der Waals surface area contributed by atoms with E-state index in [1.54, 1.807) is 36.4 Å². The van der Waals surface area contributed by atoms with Gasteiger partial charge in [0.05, 0.1) is 23.1 Å². The highest BCUT2D eigenvalue weighted by Gasteiger charge is 2.35. The molecule has 30 heavy (non-hydrogen) atoms. The van der Waals surface area contributed by atoms with Crippen LogP contribution in [-0.2, 0) is 11.3 Å². The fourth-order valence-electron chi connectivity index (χ4n) is 2.78. The number of carbonyl (C=O) groups is 2. The van der Waals surface area contributed by atoms with E-state index in [1.807, 2.05) is 6.92 Å². The number of carbonyl (C=O) groups excluding carboxylic acids is 2. The molecule has 0 aliphatic carbocycles. The number of imide groups is 1. The predicted octanol–water partition coefficient (Wildman–Crippen LogP) is 5.68. The molecule has 0 N–H and O–H groups in total. The van der Waals surface area contributed by atoms with Crippen molar-refractivity contribution in [2.45, 2.75) is 13.5 Å². The van der Waals surface area contributed by atoms with Crippen LogP contribution in [-0.4, -0.2) is 29.3 Å². The van der Waals surface area contributed by atoms with Crippen molar-refractivity contribution in [3.05, 3.63) is 75.9 Å². The number of hydrogen-bond donors (Lipinski definition) is 0. The Morgan fingerprint density at radius 3 is 2.60 bits per heavy atom. The van der Waals surface area contributed by atoms with E-state index in [-0.39, 0.29) is 23.9 Å². The number of hydrogen-bond acceptors (Lipinski definition) is 5. The minimum absolute atomic E-state index is 0.0710. The second kappa shape index (κ2) is 9.82. The van der Waals surface area contributed by atoms with Crippen molar-refractivity contribution in [1.29, 1.82) is 0 Å². The molecule has 3 rings (SSSR count). The van der Waals surface area contributed by atoms with Crippen molar-refractivity contribution in [3.63, 3.8) is 0 Å². The van der Waals surface area contributed by atoms with Crippen molar-refractivity contribution >= 4 is 40.6 Å². The lowest BCUT2D eigenvalue weighted by atomic mass is 10.1. The zero-order chi connectivity index (χ0) is 21.7. The highest BCUT2D eigenvalue weighted by Crippen LogP contribution is 2.39. The summed E-state index contributed by atoms with van der Waals surface area (Å²) in [5, 5.41) is -0.0720. The topological polar surface area (TPSA) is 55.8 Å². The van der Waals surface area contributed by atoms with Crippen LogP contribution in [0.2, 0.25) is 5.02 Å². The van der Waals surface area contributed by atoms with Gasteiger partial charge in [-0.3, -0.25) is 14.5 Å². The van der Waals surface area contributed by atoms with Gasteiger partial charge in [-0.2, -0.15) is 0 Å². The summed E-state index contributed by atoms with van der Waals surface area (Å²) < 4.78 is 24.3. The molecule has 5 nitrogen and oxygen atoms in total. The van der Waals surface area contributed by atoms with E-state index in [1.165, 1.54) is 12.1 Å². The molecule has 0 saturated carbocycles. The van der Waals surface area contributed by atoms with Crippen LogP contribution in [0.15, 0.2) is 54.0 Å². The van der Waals surface area contributed by atoms with Crippen LogP contribution in [0, 0.1) is 5.82 Å². The maximum absolute atomic E-state index is 13.1. The maximum Gasteiger partial charge on any atom is 0.293 e. The van der Waals surface area contributed by atoms with Crippen LogP contribution in [0.4, 0.5) is 9.18 Å². The Bertz CT molecular complexity index is 1010. The first-order valence-electron chi connectivity index (χ1n) is 9.12. The SMILES string of the molecule is C=CCOc1c(Cl)cc(/C=C2/SC(=O)N(Cc3ccc(F)cc3)C2=O)cc1OCC. The molecule has 2 aromatic rings. The lowest BCUT2D eigenvalue weighted by molar-refractivity contribution is -0.123. The highest BCUT2D eigenvalue weighted by molar-refractivity contribution is 8.18. The third-order valence-electron chi connectivity index (χ3n) is 4.10. The molecule has 1 saturated heterocycles. The molecule has 1 aliphatic rings. The number of benzene rings is 2. The van der Waals surface area contributed by atoms with Gasteiger partial charge in [0.15, 0.2) is 11.5 Å². The Morgan fingerprint density at radius 1 is 1.20 bits per heavy atom. The first kappa shape index (κ1) is 21.9. The molecular weight excluding hydrogens is 429 g/mol. The molecule has 0 atom stereocenters. The van der Waals surface area contributed by atoms with Crippen LogP contribution >= 0.6 is 23.4 Å². The minimum atomic E-state index is -0.421. The lowest BCUT2D eigenvalue weighted by Crippen LogP contribution is -2.27. The summed E-state index contributed by atoms with van der Waals surface area (Å²) in [6, 6.07) is 8.99. The molecule has 0 radical (unpaired) electrons. The van der Waals surface area contributed by atoms with Gasteiger partial charge in [0.2, 0.25) is 0 Å². The largest absolute Gasteiger partial charge is 0.490 e. The van der Waals surface area contributed by atoms with Crippen molar-refractivity contribution in [3.8, 4) is 11.5 Å². The molecule has 0 aromatic heterocycles. The molecule has 0 bridgehead atoms. The summed E-state index contributed by atoms with van der Waals surface area (Å²) >= 11 is 7.18. The summed E-state index contributed by atoms with van der Waals surface area (Å²) in [7, 11) is 0. The van der Waals surface area contributed by atoms with E-state index in [2.05, 4.69) is 6.58 Å². The number of thioether (sulfide) groups is 1. The summed E-state index contributed by atoms with van der Waals surface area (Å²) in [5.41, 5.74) is 1.26. The molecule has 0 spiro atoms. The van der Waals surface area contributed by atoms with E-state index < -0.39 is 11.1 Å². The third kappa shape index (κ3) is 5.04. The summed E-state index contributed by atoms with van der Waals surface area (Å²) in [6.45, 7) is 6.18. The van der Waals surface area contributed by atoms with Crippen molar-refractivity contribution < 1.29 is 23.5 Å². The second-order valence-corrected chi connectivity index (χ2v) is 7.66. The van der Waals surface area contributed by atoms with Gasteiger partial charge in [-0.15, -0.1) is 0 Å². The fourth-order valence-corrected chi connectivity index (χ4v) is 3.89. The molecular formula is C22H19ClFNO4S. The molecule has 1 aliphatic heterocycles. The van der Waals surface area contributed by atoms with Gasteiger partial charge < -0.3 is 9.47 Å². The number of rotatable bonds is 8. The summed E-state index contributed by atoms with van der Waals surface area (Å²) in [5.74, 6) is 0.0225. The Morgan fingerprint density at radius 2 is 1.93 bits per heavy atom. The van der Waals surface area contributed by atoms with Crippen LogP contribution < -0.4 is 9.47 Å². The number of amides is 2. The summed E-state index contributed by atoms with van der Waals surface area (Å²) in [6.07, 6.45) is 3.18. The monoisotopic (exact) mass is 447 g/mol. The van der Waals surface area contributed by atoms with Crippen molar-refractivity contribution in [2.75, 3.05) is 13.2 Å². The Hall–Kier alpha value is -2.77. The van der Waals surface area contributed by atoms with Gasteiger partial charge in [0.1, 0.15) is 12.4 Å². The molecule has 0 unspecified atom stereocenters. The third-order valence-corrected chi connectivity index (χ3v) is 5.29. The predicted molar refractivity (Wildman–Crippen MR) is 116 cm³/mol. The summed E-state index contributed by atoms with van der Waals surface area (Å²) in [4.78, 5) is 26.5. The zero-order valence-electron chi connectivity index (χ0n) is 16.2. The Kier molecular flexibility index (Phi) is 7.18. The number of nitrogens with zero attached hydrogens (tertiary/aromatic N) is 1. The van der Waals surface area contributed by atoms with Crippen LogP contribution in [0.1, 0.15) is 18.1 Å². The lowest BCUT2D eigenvalue weighted by Gasteiger charge is -2.14. The van der Waals surface area contributed by atoms with E-state index in [0.717, 1.165) is 16.7 Å². The van der Waals surface area contributed by atoms with Gasteiger partial charge in [0, 0.05) is 0 Å². The van der Waals surface area contributed by atoms with Crippen LogP contribution in [0.25, 0.3) is 6.08 Å². The van der Waals surface area contributed by atoms with Crippen LogP contribution in [0.5, 0.6) is 11.5 Å². The zero-order valence-corrected chi connectivity index (χ0v) is 17.8. The van der Waals surface area contributed by atoms with Gasteiger partial charge in [-0.1, -0.05) is 36.4 Å². The first-order chi connectivity index (χ1) is 14.4. The molecule has 2 aromatic carbocycles. The first-order valence-corrected chi connectivity index (χ1v) is 10.3. The van der Waals surface area contributed by atoms with Gasteiger partial charge in [-0.25, -0.2) is 4.39 Å². The van der Waals surface area contributed by atoms with E-state index in [4.69, 9.17) is 21.1 Å².